The van der Waals surface area contributed by atoms with Crippen LogP contribution in [-0.4, -0.2) is 53.2 Å². The zero-order chi connectivity index (χ0) is 20.0. The molecule has 5 atom stereocenters. The van der Waals surface area contributed by atoms with E-state index < -0.39 is 46.2 Å². The molecule has 1 aliphatic rings. The molecule has 0 aromatic carbocycles. The summed E-state index contributed by atoms with van der Waals surface area (Å²) < 4.78 is 36.7. The van der Waals surface area contributed by atoms with Crippen LogP contribution in [0.4, 0.5) is 5.95 Å². The largest absolute Gasteiger partial charge is 1.00 e. The Morgan fingerprint density at radius 1 is 1.46 bits per heavy atom. The predicted octanol–water partition coefficient (Wildman–Crippen LogP) is -5.05. The number of hydrogen-bond donors (Lipinski definition) is 5. The molecule has 3 heterocycles. The molecule has 0 spiro atoms. The van der Waals surface area contributed by atoms with E-state index in [2.05, 4.69) is 23.8 Å². The van der Waals surface area contributed by atoms with E-state index in [9.17, 15) is 28.8 Å². The van der Waals surface area contributed by atoms with Gasteiger partial charge < -0.3 is 30.3 Å². The molecule has 28 heavy (non-hydrogen) atoms. The van der Waals surface area contributed by atoms with E-state index in [4.69, 9.17) is 15.4 Å². The van der Waals surface area contributed by atoms with Crippen LogP contribution in [0.5, 0.6) is 0 Å². The molecule has 3 rings (SSSR count). The fourth-order valence-electron chi connectivity index (χ4n) is 2.51. The van der Waals surface area contributed by atoms with Crippen molar-refractivity contribution in [3.05, 3.63) is 16.7 Å². The SMILES string of the molecule is Nc1nc2c(ncn2[C@H]2C[C@H](O)[C@@H](COP(=O)(O)OP(=O)([O-])O)O2)c(=O)[nH]1.[Na+]. The number of aromatic nitrogens is 4. The summed E-state index contributed by atoms with van der Waals surface area (Å²) in [6, 6.07) is 0. The number of imidazole rings is 1. The maximum absolute atomic E-state index is 11.8. The van der Waals surface area contributed by atoms with Crippen LogP contribution in [0.2, 0.25) is 0 Å². The molecule has 2 aromatic rings. The second kappa shape index (κ2) is 8.60. The second-order valence-electron chi connectivity index (χ2n) is 5.52. The van der Waals surface area contributed by atoms with Gasteiger partial charge in [-0.25, -0.2) is 13.9 Å². The molecule has 1 aliphatic heterocycles. The van der Waals surface area contributed by atoms with E-state index in [1.165, 1.54) is 10.9 Å². The summed E-state index contributed by atoms with van der Waals surface area (Å²) in [6.07, 6.45) is -1.98. The molecular weight excluding hydrogens is 435 g/mol. The van der Waals surface area contributed by atoms with Crippen molar-refractivity contribution in [1.29, 1.82) is 0 Å². The van der Waals surface area contributed by atoms with Gasteiger partial charge in [0.05, 0.1) is 19.0 Å². The Kier molecular flexibility index (Phi) is 7.25. The van der Waals surface area contributed by atoms with Crippen molar-refractivity contribution < 1.29 is 72.0 Å². The van der Waals surface area contributed by atoms with Gasteiger partial charge in [0.15, 0.2) is 11.2 Å². The monoisotopic (exact) mass is 449 g/mol. The number of nitrogens with zero attached hydrogens (tertiary/aromatic N) is 3. The Labute approximate surface area is 178 Å². The summed E-state index contributed by atoms with van der Waals surface area (Å²) >= 11 is 0. The van der Waals surface area contributed by atoms with Gasteiger partial charge >= 0.3 is 37.4 Å². The first-order valence-corrected chi connectivity index (χ1v) is 10.2. The Balaban J connectivity index is 0.00000280. The molecular formula is C10H14N5NaO10P2. The van der Waals surface area contributed by atoms with Crippen LogP contribution < -0.4 is 45.7 Å². The third kappa shape index (κ3) is 5.48. The fourth-order valence-corrected chi connectivity index (χ4v) is 4.08. The van der Waals surface area contributed by atoms with E-state index in [-0.39, 0.29) is 53.1 Å². The summed E-state index contributed by atoms with van der Waals surface area (Å²) in [5, 5.41) is 10.0. The van der Waals surface area contributed by atoms with Gasteiger partial charge in [0, 0.05) is 6.42 Å². The third-order valence-electron chi connectivity index (χ3n) is 3.57. The van der Waals surface area contributed by atoms with Crippen LogP contribution in [0.25, 0.3) is 11.2 Å². The zero-order valence-corrected chi connectivity index (χ0v) is 18.0. The quantitative estimate of drug-likeness (QED) is 0.205. The molecule has 0 saturated carbocycles. The summed E-state index contributed by atoms with van der Waals surface area (Å²) in [5.41, 5.74) is 5.01. The van der Waals surface area contributed by atoms with Crippen LogP contribution in [0, 0.1) is 0 Å². The first-order valence-electron chi connectivity index (χ1n) is 7.23. The standard InChI is InChI=1S/C10H15N5O10P2.Na/c11-10-13-8-7(9(17)14-10)12-3-15(8)6-1-4(16)5(24-6)2-23-27(21,22)25-26(18,19)20;/h3-6,16H,1-2H2,(H,21,22)(H2,18,19,20)(H3,11,13,14,17);/q;+1/p-1/t4-,5+,6+;/m0./s1. The van der Waals surface area contributed by atoms with Gasteiger partial charge in [0.1, 0.15) is 12.3 Å². The molecule has 0 radical (unpaired) electrons. The fraction of sp³-hybridized carbons (Fsp3) is 0.500. The Morgan fingerprint density at radius 3 is 2.79 bits per heavy atom. The van der Waals surface area contributed by atoms with E-state index in [1.54, 1.807) is 0 Å². The summed E-state index contributed by atoms with van der Waals surface area (Å²) in [6.45, 7) is -0.728. The molecule has 150 valence electrons. The van der Waals surface area contributed by atoms with E-state index in [0.29, 0.717) is 0 Å². The molecule has 15 nitrogen and oxygen atoms in total. The molecule has 2 aromatic heterocycles. The Morgan fingerprint density at radius 2 is 2.14 bits per heavy atom. The maximum Gasteiger partial charge on any atom is 1.00 e. The molecule has 0 aliphatic carbocycles. The zero-order valence-electron chi connectivity index (χ0n) is 14.2. The van der Waals surface area contributed by atoms with Gasteiger partial charge in [-0.1, -0.05) is 0 Å². The van der Waals surface area contributed by atoms with Crippen LogP contribution in [0.1, 0.15) is 12.6 Å². The first-order chi connectivity index (χ1) is 12.5. The molecule has 0 bridgehead atoms. The number of phosphoric ester groups is 1. The number of H-pyrrole nitrogens is 1. The number of nitrogens with one attached hydrogen (secondary N) is 1. The number of anilines is 1. The van der Waals surface area contributed by atoms with Gasteiger partial charge in [-0.15, -0.1) is 0 Å². The van der Waals surface area contributed by atoms with E-state index in [0.717, 1.165) is 0 Å². The minimum Gasteiger partial charge on any atom is -0.756 e. The van der Waals surface area contributed by atoms with Crippen LogP contribution in [0.15, 0.2) is 11.1 Å². The van der Waals surface area contributed by atoms with Crippen molar-refractivity contribution in [2.75, 3.05) is 12.3 Å². The maximum atomic E-state index is 11.8. The van der Waals surface area contributed by atoms with Crippen LogP contribution in [-0.2, 0) is 22.7 Å². The van der Waals surface area contributed by atoms with Crippen molar-refractivity contribution in [2.24, 2.45) is 0 Å². The van der Waals surface area contributed by atoms with Crippen LogP contribution in [0.3, 0.4) is 0 Å². The number of nitrogen functional groups attached to an aromatic ring is 1. The summed E-state index contributed by atoms with van der Waals surface area (Å²) in [7, 11) is -10.6. The van der Waals surface area contributed by atoms with Crippen molar-refractivity contribution in [2.45, 2.75) is 24.9 Å². The average Bonchev–Trinajstić information content (AvgIpc) is 3.06. The molecule has 18 heteroatoms. The molecule has 6 N–H and O–H groups in total. The normalized spacial score (nSPS) is 26.5. The molecule has 1 saturated heterocycles. The number of aromatic amines is 1. The number of hydrogen-bond acceptors (Lipinski definition) is 11. The van der Waals surface area contributed by atoms with Gasteiger partial charge in [-0.3, -0.25) is 23.4 Å². The summed E-state index contributed by atoms with van der Waals surface area (Å²) in [4.78, 5) is 50.1. The molecule has 0 amide bonds. The number of ether oxygens (including phenoxy) is 1. The average molecular weight is 449 g/mol. The number of rotatable bonds is 6. The first kappa shape index (κ1) is 23.6. The minimum atomic E-state index is -5.51. The number of fused-ring (bicyclic) bond motifs is 1. The van der Waals surface area contributed by atoms with Crippen molar-refractivity contribution in [3.8, 4) is 0 Å². The van der Waals surface area contributed by atoms with Crippen molar-refractivity contribution in [1.82, 2.24) is 19.5 Å². The Bertz CT molecular complexity index is 1010. The minimum absolute atomic E-state index is 0. The molecule has 1 fully saturated rings. The van der Waals surface area contributed by atoms with Crippen molar-refractivity contribution >= 4 is 32.8 Å². The topological polar surface area (TPSA) is 235 Å². The predicted molar refractivity (Wildman–Crippen MR) is 83.8 cm³/mol. The number of aliphatic hydroxyl groups excluding tert-OH is 1. The number of nitrogens with two attached hydrogens (primary N) is 1. The third-order valence-corrected chi connectivity index (χ3v) is 5.70. The number of phosphoric acid groups is 2. The van der Waals surface area contributed by atoms with Crippen LogP contribution >= 0.6 is 15.6 Å². The van der Waals surface area contributed by atoms with Gasteiger partial charge in [-0.2, -0.15) is 4.98 Å². The summed E-state index contributed by atoms with van der Waals surface area (Å²) in [5.74, 6) is -0.155. The van der Waals surface area contributed by atoms with Gasteiger partial charge in [0.25, 0.3) is 13.4 Å². The van der Waals surface area contributed by atoms with Gasteiger partial charge in [-0.05, 0) is 0 Å². The van der Waals surface area contributed by atoms with Gasteiger partial charge in [0.2, 0.25) is 5.95 Å². The van der Waals surface area contributed by atoms with E-state index >= 15 is 0 Å². The van der Waals surface area contributed by atoms with Crippen molar-refractivity contribution in [3.63, 3.8) is 0 Å². The smallest absolute Gasteiger partial charge is 0.756 e. The second-order valence-corrected chi connectivity index (χ2v) is 8.31. The number of aliphatic hydroxyl groups is 1. The Hall–Kier alpha value is -0.670. The van der Waals surface area contributed by atoms with E-state index in [1.807, 2.05) is 0 Å². The molecule has 2 unspecified atom stereocenters.